The highest BCUT2D eigenvalue weighted by Crippen LogP contribution is 2.24. The number of benzene rings is 1. The molecule has 7 heteroatoms. The van der Waals surface area contributed by atoms with Gasteiger partial charge in [0.15, 0.2) is 11.6 Å². The summed E-state index contributed by atoms with van der Waals surface area (Å²) in [6.45, 7) is 5.92. The zero-order valence-corrected chi connectivity index (χ0v) is 16.9. The van der Waals surface area contributed by atoms with Gasteiger partial charge in [0.05, 0.1) is 6.42 Å². The van der Waals surface area contributed by atoms with E-state index in [1.165, 1.54) is 25.3 Å². The smallest absolute Gasteiger partial charge is 0.227 e. The van der Waals surface area contributed by atoms with Gasteiger partial charge in [-0.25, -0.2) is 4.39 Å². The van der Waals surface area contributed by atoms with Gasteiger partial charge in [-0.15, -0.1) is 10.2 Å². The molecular weight excluding hydrogens is 369 g/mol. The molecule has 0 spiro atoms. The predicted molar refractivity (Wildman–Crippen MR) is 112 cm³/mol. The largest absolute Gasteiger partial charge is 0.352 e. The van der Waals surface area contributed by atoms with Crippen LogP contribution in [0.3, 0.4) is 0 Å². The molecule has 0 N–H and O–H groups in total. The molecule has 1 aromatic heterocycles. The molecule has 2 aliphatic heterocycles. The molecule has 3 heterocycles. The second-order valence-electron chi connectivity index (χ2n) is 7.92. The van der Waals surface area contributed by atoms with Gasteiger partial charge < -0.3 is 14.7 Å². The van der Waals surface area contributed by atoms with Crippen LogP contribution in [0.15, 0.2) is 36.4 Å². The number of halogens is 1. The molecule has 2 fully saturated rings. The van der Waals surface area contributed by atoms with Crippen molar-refractivity contribution in [3.8, 4) is 0 Å². The number of carbonyl (C=O) groups is 1. The van der Waals surface area contributed by atoms with E-state index < -0.39 is 0 Å². The van der Waals surface area contributed by atoms with Gasteiger partial charge in [-0.05, 0) is 49.9 Å². The minimum absolute atomic E-state index is 0.0322. The summed E-state index contributed by atoms with van der Waals surface area (Å²) in [5, 5.41) is 8.90. The second kappa shape index (κ2) is 8.76. The fraction of sp³-hybridized carbons (Fsp3) is 0.500. The monoisotopic (exact) mass is 397 g/mol. The first kappa shape index (κ1) is 19.6. The number of hydrogen-bond acceptors (Lipinski definition) is 5. The van der Waals surface area contributed by atoms with Gasteiger partial charge in [0.2, 0.25) is 5.91 Å². The highest BCUT2D eigenvalue weighted by atomic mass is 19.1. The van der Waals surface area contributed by atoms with Gasteiger partial charge in [-0.3, -0.25) is 4.79 Å². The van der Waals surface area contributed by atoms with Crippen LogP contribution in [0.5, 0.6) is 0 Å². The maximum Gasteiger partial charge on any atom is 0.227 e. The first-order valence-electron chi connectivity index (χ1n) is 10.5. The van der Waals surface area contributed by atoms with Crippen LogP contribution in [0, 0.1) is 5.82 Å². The molecule has 0 bridgehead atoms. The lowest BCUT2D eigenvalue weighted by Crippen LogP contribution is -2.49. The number of amides is 1. The first-order chi connectivity index (χ1) is 14.1. The van der Waals surface area contributed by atoms with Gasteiger partial charge in [-0.1, -0.05) is 18.2 Å². The number of anilines is 2. The van der Waals surface area contributed by atoms with Gasteiger partial charge in [0.1, 0.15) is 5.82 Å². The highest BCUT2D eigenvalue weighted by Gasteiger charge is 2.24. The fourth-order valence-electron chi connectivity index (χ4n) is 4.18. The number of piperidine rings is 1. The topological polar surface area (TPSA) is 52.6 Å². The van der Waals surface area contributed by atoms with Crippen molar-refractivity contribution in [2.75, 3.05) is 42.5 Å². The molecule has 2 aliphatic rings. The molecule has 1 unspecified atom stereocenters. The maximum atomic E-state index is 13.8. The van der Waals surface area contributed by atoms with Gasteiger partial charge in [-0.2, -0.15) is 0 Å². The molecule has 0 saturated carbocycles. The number of piperazine rings is 1. The quantitative estimate of drug-likeness (QED) is 0.794. The van der Waals surface area contributed by atoms with Crippen LogP contribution in [0.1, 0.15) is 31.7 Å². The van der Waals surface area contributed by atoms with Crippen molar-refractivity contribution >= 4 is 17.5 Å². The lowest BCUT2D eigenvalue weighted by Gasteiger charge is -2.36. The molecule has 6 nitrogen and oxygen atoms in total. The summed E-state index contributed by atoms with van der Waals surface area (Å²) in [6.07, 6.45) is 3.79. The lowest BCUT2D eigenvalue weighted by atomic mass is 10.0. The normalized spacial score (nSPS) is 20.1. The predicted octanol–water partition coefficient (Wildman–Crippen LogP) is 2.89. The molecule has 2 aromatic rings. The first-order valence-corrected chi connectivity index (χ1v) is 10.5. The number of carbonyl (C=O) groups excluding carboxylic acids is 1. The Hall–Kier alpha value is -2.70. The zero-order valence-electron chi connectivity index (χ0n) is 16.9. The van der Waals surface area contributed by atoms with Crippen LogP contribution < -0.4 is 9.80 Å². The molecule has 4 rings (SSSR count). The molecule has 1 amide bonds. The van der Waals surface area contributed by atoms with Crippen LogP contribution in [0.2, 0.25) is 0 Å². The summed E-state index contributed by atoms with van der Waals surface area (Å²) in [5.74, 6) is 1.44. The highest BCUT2D eigenvalue weighted by molar-refractivity contribution is 5.79. The van der Waals surface area contributed by atoms with E-state index in [1.807, 2.05) is 6.07 Å². The van der Waals surface area contributed by atoms with Crippen molar-refractivity contribution in [1.82, 2.24) is 15.1 Å². The van der Waals surface area contributed by atoms with E-state index in [0.717, 1.165) is 18.2 Å². The standard InChI is InChI=1S/C22H28FN5O/c1-17-6-4-5-11-28(17)21-10-9-20(24-25-21)26-12-14-27(15-13-26)22(29)16-18-7-2-3-8-19(18)23/h2-3,7-10,17H,4-6,11-16H2,1H3. The fourth-order valence-corrected chi connectivity index (χ4v) is 4.18. The summed E-state index contributed by atoms with van der Waals surface area (Å²) in [7, 11) is 0. The van der Waals surface area contributed by atoms with Crippen LogP contribution in [0.4, 0.5) is 16.0 Å². The Morgan fingerprint density at radius 3 is 2.41 bits per heavy atom. The Morgan fingerprint density at radius 1 is 1.00 bits per heavy atom. The van der Waals surface area contributed by atoms with E-state index in [2.05, 4.69) is 33.0 Å². The summed E-state index contributed by atoms with van der Waals surface area (Å²) in [5.41, 5.74) is 0.452. The summed E-state index contributed by atoms with van der Waals surface area (Å²) >= 11 is 0. The Morgan fingerprint density at radius 2 is 1.72 bits per heavy atom. The van der Waals surface area contributed by atoms with Crippen molar-refractivity contribution in [3.05, 3.63) is 47.8 Å². The molecule has 2 saturated heterocycles. The zero-order chi connectivity index (χ0) is 20.2. The molecule has 0 radical (unpaired) electrons. The van der Waals surface area contributed by atoms with E-state index in [-0.39, 0.29) is 18.1 Å². The third-order valence-electron chi connectivity index (χ3n) is 5.99. The van der Waals surface area contributed by atoms with E-state index in [9.17, 15) is 9.18 Å². The third-order valence-corrected chi connectivity index (χ3v) is 5.99. The van der Waals surface area contributed by atoms with Crippen molar-refractivity contribution in [2.24, 2.45) is 0 Å². The van der Waals surface area contributed by atoms with Gasteiger partial charge in [0.25, 0.3) is 0 Å². The van der Waals surface area contributed by atoms with Crippen molar-refractivity contribution < 1.29 is 9.18 Å². The number of aromatic nitrogens is 2. The van der Waals surface area contributed by atoms with Crippen LogP contribution in [-0.2, 0) is 11.2 Å². The summed E-state index contributed by atoms with van der Waals surface area (Å²) in [6, 6.07) is 11.1. The van der Waals surface area contributed by atoms with Gasteiger partial charge >= 0.3 is 0 Å². The van der Waals surface area contributed by atoms with E-state index in [4.69, 9.17) is 0 Å². The molecule has 1 aromatic carbocycles. The molecule has 1 atom stereocenters. The van der Waals surface area contributed by atoms with Crippen LogP contribution in [-0.4, -0.2) is 59.8 Å². The Kier molecular flexibility index (Phi) is 5.92. The van der Waals surface area contributed by atoms with Crippen molar-refractivity contribution in [1.29, 1.82) is 0 Å². The lowest BCUT2D eigenvalue weighted by molar-refractivity contribution is -0.130. The third kappa shape index (κ3) is 4.49. The minimum atomic E-state index is -0.321. The maximum absolute atomic E-state index is 13.8. The van der Waals surface area contributed by atoms with Crippen molar-refractivity contribution in [2.45, 2.75) is 38.6 Å². The van der Waals surface area contributed by atoms with E-state index in [1.54, 1.807) is 23.1 Å². The van der Waals surface area contributed by atoms with Crippen LogP contribution in [0.25, 0.3) is 0 Å². The molecule has 29 heavy (non-hydrogen) atoms. The Balaban J connectivity index is 1.32. The number of rotatable bonds is 4. The SMILES string of the molecule is CC1CCCCN1c1ccc(N2CCN(C(=O)Cc3ccccc3F)CC2)nn1. The molecule has 0 aliphatic carbocycles. The molecular formula is C22H28FN5O. The summed E-state index contributed by atoms with van der Waals surface area (Å²) in [4.78, 5) is 18.8. The van der Waals surface area contributed by atoms with Crippen molar-refractivity contribution in [3.63, 3.8) is 0 Å². The number of hydrogen-bond donors (Lipinski definition) is 0. The van der Waals surface area contributed by atoms with E-state index in [0.29, 0.717) is 37.8 Å². The Labute approximate surface area is 171 Å². The average molecular weight is 397 g/mol. The second-order valence-corrected chi connectivity index (χ2v) is 7.92. The average Bonchev–Trinajstić information content (AvgIpc) is 2.76. The number of nitrogens with zero attached hydrogens (tertiary/aromatic N) is 5. The van der Waals surface area contributed by atoms with Gasteiger partial charge in [0, 0.05) is 38.8 Å². The van der Waals surface area contributed by atoms with Crippen LogP contribution >= 0.6 is 0 Å². The van der Waals surface area contributed by atoms with E-state index >= 15 is 0 Å². The summed E-state index contributed by atoms with van der Waals surface area (Å²) < 4.78 is 13.8. The minimum Gasteiger partial charge on any atom is -0.352 e. The molecule has 154 valence electrons. The Bertz CT molecular complexity index is 835.